The predicted octanol–water partition coefficient (Wildman–Crippen LogP) is 3.81. The highest BCUT2D eigenvalue weighted by molar-refractivity contribution is 5.60. The molecular weight excluding hydrogens is 269 g/mol. The largest absolute Gasteiger partial charge is 0.467 e. The van der Waals surface area contributed by atoms with E-state index in [0.29, 0.717) is 18.0 Å². The second kappa shape index (κ2) is 5.29. The maximum absolute atomic E-state index is 12.6. The van der Waals surface area contributed by atoms with Crippen LogP contribution in [0.3, 0.4) is 0 Å². The Bertz CT molecular complexity index is 627. The first-order chi connectivity index (χ1) is 9.41. The molecule has 2 rings (SSSR count). The molecule has 3 nitrogen and oxygen atoms in total. The molecule has 0 aliphatic carbocycles. The molecule has 0 bridgehead atoms. The van der Waals surface area contributed by atoms with Gasteiger partial charge in [-0.15, -0.1) is 0 Å². The summed E-state index contributed by atoms with van der Waals surface area (Å²) in [6, 6.07) is 8.39. The monoisotopic (exact) mass is 280 g/mol. The summed E-state index contributed by atoms with van der Waals surface area (Å²) in [7, 11) is 1.69. The van der Waals surface area contributed by atoms with Gasteiger partial charge in [-0.05, 0) is 30.3 Å². The molecule has 0 N–H and O–H groups in total. The van der Waals surface area contributed by atoms with Crippen LogP contribution >= 0.6 is 0 Å². The van der Waals surface area contributed by atoms with Crippen LogP contribution in [0.4, 0.5) is 18.9 Å². The minimum absolute atomic E-state index is 0.0196. The molecule has 1 aromatic carbocycles. The zero-order chi connectivity index (χ0) is 14.8. The van der Waals surface area contributed by atoms with Gasteiger partial charge in [0.15, 0.2) is 0 Å². The van der Waals surface area contributed by atoms with Gasteiger partial charge < -0.3 is 9.32 Å². The van der Waals surface area contributed by atoms with E-state index in [2.05, 4.69) is 0 Å². The van der Waals surface area contributed by atoms with Crippen molar-refractivity contribution in [2.75, 3.05) is 11.9 Å². The highest BCUT2D eigenvalue weighted by Crippen LogP contribution is 2.32. The Hall–Kier alpha value is -2.42. The first-order valence-corrected chi connectivity index (χ1v) is 5.76. The van der Waals surface area contributed by atoms with Crippen LogP contribution in [0.2, 0.25) is 0 Å². The maximum Gasteiger partial charge on any atom is 0.416 e. The Kier molecular flexibility index (Phi) is 3.70. The van der Waals surface area contributed by atoms with Crippen molar-refractivity contribution in [2.24, 2.45) is 0 Å². The smallest absolute Gasteiger partial charge is 0.416 e. The molecule has 0 unspecified atom stereocenters. The lowest BCUT2D eigenvalue weighted by Gasteiger charge is -2.20. The number of nitriles is 1. The molecule has 0 radical (unpaired) electrons. The lowest BCUT2D eigenvalue weighted by atomic mass is 10.1. The van der Waals surface area contributed by atoms with Gasteiger partial charge in [0.25, 0.3) is 0 Å². The van der Waals surface area contributed by atoms with Gasteiger partial charge in [-0.2, -0.15) is 18.4 Å². The Labute approximate surface area is 113 Å². The van der Waals surface area contributed by atoms with Crippen molar-refractivity contribution in [3.63, 3.8) is 0 Å². The van der Waals surface area contributed by atoms with E-state index in [1.165, 1.54) is 12.3 Å². The van der Waals surface area contributed by atoms with Crippen LogP contribution in [0.1, 0.15) is 16.9 Å². The normalized spacial score (nSPS) is 11.2. The number of anilines is 1. The predicted molar refractivity (Wildman–Crippen MR) is 67.0 cm³/mol. The second-order valence-electron chi connectivity index (χ2n) is 4.28. The van der Waals surface area contributed by atoms with Crippen LogP contribution < -0.4 is 4.90 Å². The molecule has 0 spiro atoms. The molecule has 104 valence electrons. The van der Waals surface area contributed by atoms with Crippen LogP contribution in [0.15, 0.2) is 41.0 Å². The van der Waals surface area contributed by atoms with Crippen LogP contribution in [-0.4, -0.2) is 7.05 Å². The van der Waals surface area contributed by atoms with Crippen LogP contribution in [0.25, 0.3) is 0 Å². The first kappa shape index (κ1) is 14.0. The Morgan fingerprint density at radius 2 is 2.05 bits per heavy atom. The summed E-state index contributed by atoms with van der Waals surface area (Å²) < 4.78 is 43.0. The van der Waals surface area contributed by atoms with Crippen molar-refractivity contribution < 1.29 is 17.6 Å². The van der Waals surface area contributed by atoms with E-state index in [-0.39, 0.29) is 5.56 Å². The van der Waals surface area contributed by atoms with E-state index in [0.717, 1.165) is 12.1 Å². The van der Waals surface area contributed by atoms with Crippen molar-refractivity contribution >= 4 is 5.69 Å². The molecule has 0 saturated heterocycles. The maximum atomic E-state index is 12.6. The SMILES string of the molecule is CN(Cc1ccco1)c1ccc(C(F)(F)F)cc1C#N. The molecule has 0 atom stereocenters. The van der Waals surface area contributed by atoms with Crippen molar-refractivity contribution in [2.45, 2.75) is 12.7 Å². The number of halogens is 3. The molecule has 1 aromatic heterocycles. The van der Waals surface area contributed by atoms with Crippen molar-refractivity contribution in [3.05, 3.63) is 53.5 Å². The minimum atomic E-state index is -4.45. The molecular formula is C14H11F3N2O. The molecule has 0 saturated carbocycles. The van der Waals surface area contributed by atoms with Gasteiger partial charge in [-0.25, -0.2) is 0 Å². The topological polar surface area (TPSA) is 40.2 Å². The lowest BCUT2D eigenvalue weighted by Crippen LogP contribution is -2.18. The Morgan fingerprint density at radius 1 is 1.30 bits per heavy atom. The van der Waals surface area contributed by atoms with E-state index in [1.807, 2.05) is 0 Å². The van der Waals surface area contributed by atoms with Gasteiger partial charge in [0.1, 0.15) is 11.8 Å². The number of alkyl halides is 3. The molecule has 0 aliphatic heterocycles. The van der Waals surface area contributed by atoms with Gasteiger partial charge in [-0.3, -0.25) is 0 Å². The minimum Gasteiger partial charge on any atom is -0.467 e. The molecule has 20 heavy (non-hydrogen) atoms. The van der Waals surface area contributed by atoms with Crippen molar-refractivity contribution in [1.82, 2.24) is 0 Å². The molecule has 2 aromatic rings. The summed E-state index contributed by atoms with van der Waals surface area (Å²) in [4.78, 5) is 1.66. The van der Waals surface area contributed by atoms with Crippen molar-refractivity contribution in [1.29, 1.82) is 5.26 Å². The molecule has 6 heteroatoms. The third kappa shape index (κ3) is 2.94. The number of benzene rings is 1. The fraction of sp³-hybridized carbons (Fsp3) is 0.214. The lowest BCUT2D eigenvalue weighted by molar-refractivity contribution is -0.137. The van der Waals surface area contributed by atoms with Gasteiger partial charge in [0, 0.05) is 7.05 Å². The van der Waals surface area contributed by atoms with Crippen LogP contribution in [0, 0.1) is 11.3 Å². The van der Waals surface area contributed by atoms with Gasteiger partial charge in [-0.1, -0.05) is 0 Å². The fourth-order valence-electron chi connectivity index (χ4n) is 1.86. The van der Waals surface area contributed by atoms with E-state index in [9.17, 15) is 13.2 Å². The first-order valence-electron chi connectivity index (χ1n) is 5.76. The average molecular weight is 280 g/mol. The van der Waals surface area contributed by atoms with Crippen molar-refractivity contribution in [3.8, 4) is 6.07 Å². The number of hydrogen-bond acceptors (Lipinski definition) is 3. The second-order valence-corrected chi connectivity index (χ2v) is 4.28. The molecule has 0 amide bonds. The quantitative estimate of drug-likeness (QED) is 0.858. The van der Waals surface area contributed by atoms with Crippen LogP contribution in [0.5, 0.6) is 0 Å². The van der Waals surface area contributed by atoms with E-state index >= 15 is 0 Å². The molecule has 0 fully saturated rings. The number of furan rings is 1. The standard InChI is InChI=1S/C14H11F3N2O/c1-19(9-12-3-2-6-20-12)13-5-4-11(14(15,16)17)7-10(13)8-18/h2-7H,9H2,1H3. The number of nitrogens with zero attached hydrogens (tertiary/aromatic N) is 2. The highest BCUT2D eigenvalue weighted by Gasteiger charge is 2.31. The molecule has 0 aliphatic rings. The van der Waals surface area contributed by atoms with Gasteiger partial charge in [0.2, 0.25) is 0 Å². The van der Waals surface area contributed by atoms with Gasteiger partial charge >= 0.3 is 6.18 Å². The number of rotatable bonds is 3. The zero-order valence-corrected chi connectivity index (χ0v) is 10.6. The summed E-state index contributed by atoms with van der Waals surface area (Å²) in [6.07, 6.45) is -2.94. The third-order valence-corrected chi connectivity index (χ3v) is 2.83. The van der Waals surface area contributed by atoms with E-state index < -0.39 is 11.7 Å². The molecule has 1 heterocycles. The van der Waals surface area contributed by atoms with Crippen LogP contribution in [-0.2, 0) is 12.7 Å². The third-order valence-electron chi connectivity index (χ3n) is 2.83. The number of hydrogen-bond donors (Lipinski definition) is 0. The average Bonchev–Trinajstić information content (AvgIpc) is 2.89. The summed E-state index contributed by atoms with van der Waals surface area (Å²) in [5.41, 5.74) is -0.421. The Balaban J connectivity index is 2.30. The zero-order valence-electron chi connectivity index (χ0n) is 10.6. The summed E-state index contributed by atoms with van der Waals surface area (Å²) in [5, 5.41) is 9.02. The summed E-state index contributed by atoms with van der Waals surface area (Å²) in [6.45, 7) is 0.368. The van der Waals surface area contributed by atoms with Gasteiger partial charge in [0.05, 0.1) is 29.6 Å². The fourth-order valence-corrected chi connectivity index (χ4v) is 1.86. The Morgan fingerprint density at radius 3 is 2.60 bits per heavy atom. The summed E-state index contributed by atoms with van der Waals surface area (Å²) >= 11 is 0. The van der Waals surface area contributed by atoms with E-state index in [1.54, 1.807) is 30.1 Å². The summed E-state index contributed by atoms with van der Waals surface area (Å²) in [5.74, 6) is 0.663. The van der Waals surface area contributed by atoms with E-state index in [4.69, 9.17) is 9.68 Å². The highest BCUT2D eigenvalue weighted by atomic mass is 19.4.